The van der Waals surface area contributed by atoms with Gasteiger partial charge in [-0.15, -0.1) is 0 Å². The number of rotatable bonds is 5. The van der Waals surface area contributed by atoms with Crippen molar-refractivity contribution >= 4 is 11.6 Å². The molecule has 1 aromatic heterocycles. The molecule has 1 unspecified atom stereocenters. The fraction of sp³-hybridized carbons (Fsp3) is 0.353. The maximum Gasteiger partial charge on any atom is 0.0705 e. The van der Waals surface area contributed by atoms with E-state index in [1.54, 1.807) is 0 Å². The number of aromatic nitrogens is 1. The SMILES string of the molecule is CCC(C)NCc1ccc(-c2ccc(Cl)cc2)nc1C. The molecule has 1 aromatic carbocycles. The molecule has 0 saturated carbocycles. The summed E-state index contributed by atoms with van der Waals surface area (Å²) in [6.07, 6.45) is 1.13. The minimum atomic E-state index is 0.533. The van der Waals surface area contributed by atoms with E-state index >= 15 is 0 Å². The lowest BCUT2D eigenvalue weighted by atomic mass is 10.1. The first-order valence-corrected chi connectivity index (χ1v) is 7.43. The van der Waals surface area contributed by atoms with Crippen molar-refractivity contribution in [1.82, 2.24) is 10.3 Å². The van der Waals surface area contributed by atoms with Crippen LogP contribution in [0.5, 0.6) is 0 Å². The van der Waals surface area contributed by atoms with Crippen molar-refractivity contribution in [1.29, 1.82) is 0 Å². The second-order valence-corrected chi connectivity index (χ2v) is 5.57. The van der Waals surface area contributed by atoms with Gasteiger partial charge >= 0.3 is 0 Å². The molecular formula is C17H21ClN2. The highest BCUT2D eigenvalue weighted by atomic mass is 35.5. The molecule has 0 aliphatic rings. The number of aryl methyl sites for hydroxylation is 1. The highest BCUT2D eigenvalue weighted by Gasteiger charge is 2.05. The quantitative estimate of drug-likeness (QED) is 0.870. The van der Waals surface area contributed by atoms with Crippen molar-refractivity contribution < 1.29 is 0 Å². The predicted octanol–water partition coefficient (Wildman–Crippen LogP) is 4.60. The summed E-state index contributed by atoms with van der Waals surface area (Å²) in [5.74, 6) is 0. The lowest BCUT2D eigenvalue weighted by Gasteiger charge is -2.13. The smallest absolute Gasteiger partial charge is 0.0705 e. The minimum Gasteiger partial charge on any atom is -0.310 e. The van der Waals surface area contributed by atoms with Crippen LogP contribution in [0.2, 0.25) is 5.02 Å². The van der Waals surface area contributed by atoms with Gasteiger partial charge < -0.3 is 5.32 Å². The molecule has 1 heterocycles. The summed E-state index contributed by atoms with van der Waals surface area (Å²) in [5.41, 5.74) is 4.42. The Morgan fingerprint density at radius 1 is 1.15 bits per heavy atom. The van der Waals surface area contributed by atoms with Crippen LogP contribution in [0.3, 0.4) is 0 Å². The zero-order valence-corrected chi connectivity index (χ0v) is 13.0. The zero-order valence-electron chi connectivity index (χ0n) is 12.3. The zero-order chi connectivity index (χ0) is 14.5. The molecule has 20 heavy (non-hydrogen) atoms. The third-order valence-corrected chi connectivity index (χ3v) is 3.84. The van der Waals surface area contributed by atoms with Gasteiger partial charge in [0.25, 0.3) is 0 Å². The van der Waals surface area contributed by atoms with Crippen LogP contribution in [0, 0.1) is 6.92 Å². The Hall–Kier alpha value is -1.38. The molecule has 0 saturated heterocycles. The highest BCUT2D eigenvalue weighted by Crippen LogP contribution is 2.21. The van der Waals surface area contributed by atoms with Crippen LogP contribution in [0.1, 0.15) is 31.5 Å². The molecule has 0 radical (unpaired) electrons. The van der Waals surface area contributed by atoms with Gasteiger partial charge in [0, 0.05) is 28.9 Å². The standard InChI is InChI=1S/C17H21ClN2/c1-4-12(2)19-11-15-7-10-17(20-13(15)3)14-5-8-16(18)9-6-14/h5-10,12,19H,4,11H2,1-3H3. The van der Waals surface area contributed by atoms with E-state index in [1.165, 1.54) is 5.56 Å². The third-order valence-electron chi connectivity index (χ3n) is 3.59. The monoisotopic (exact) mass is 288 g/mol. The molecular weight excluding hydrogens is 268 g/mol. The Morgan fingerprint density at radius 2 is 1.85 bits per heavy atom. The number of nitrogens with zero attached hydrogens (tertiary/aromatic N) is 1. The van der Waals surface area contributed by atoms with Crippen molar-refractivity contribution in [2.75, 3.05) is 0 Å². The highest BCUT2D eigenvalue weighted by molar-refractivity contribution is 6.30. The molecule has 0 bridgehead atoms. The Kier molecular flexibility index (Phi) is 5.16. The summed E-state index contributed by atoms with van der Waals surface area (Å²) in [7, 11) is 0. The van der Waals surface area contributed by atoms with E-state index in [0.29, 0.717) is 6.04 Å². The van der Waals surface area contributed by atoms with Crippen molar-refractivity contribution in [3.63, 3.8) is 0 Å². The van der Waals surface area contributed by atoms with Crippen LogP contribution in [0.15, 0.2) is 36.4 Å². The van der Waals surface area contributed by atoms with Crippen molar-refractivity contribution in [3.8, 4) is 11.3 Å². The van der Waals surface area contributed by atoms with Crippen LogP contribution in [-0.2, 0) is 6.54 Å². The maximum atomic E-state index is 5.91. The molecule has 0 amide bonds. The second-order valence-electron chi connectivity index (χ2n) is 5.14. The minimum absolute atomic E-state index is 0.533. The lowest BCUT2D eigenvalue weighted by Crippen LogP contribution is -2.24. The lowest BCUT2D eigenvalue weighted by molar-refractivity contribution is 0.532. The molecule has 2 aromatic rings. The Bertz CT molecular complexity index is 564. The van der Waals surface area contributed by atoms with Crippen molar-refractivity contribution in [3.05, 3.63) is 52.7 Å². The Morgan fingerprint density at radius 3 is 2.45 bits per heavy atom. The number of halogens is 1. The number of hydrogen-bond donors (Lipinski definition) is 1. The number of benzene rings is 1. The molecule has 0 spiro atoms. The second kappa shape index (κ2) is 6.87. The van der Waals surface area contributed by atoms with E-state index in [-0.39, 0.29) is 0 Å². The van der Waals surface area contributed by atoms with Crippen LogP contribution >= 0.6 is 11.6 Å². The summed E-state index contributed by atoms with van der Waals surface area (Å²) in [5, 5.41) is 4.25. The Balaban J connectivity index is 2.15. The fourth-order valence-corrected chi connectivity index (χ4v) is 2.11. The first-order valence-electron chi connectivity index (χ1n) is 7.06. The molecule has 1 atom stereocenters. The molecule has 0 fully saturated rings. The summed E-state index contributed by atoms with van der Waals surface area (Å²) < 4.78 is 0. The van der Waals surface area contributed by atoms with Crippen LogP contribution in [-0.4, -0.2) is 11.0 Å². The van der Waals surface area contributed by atoms with E-state index < -0.39 is 0 Å². The molecule has 1 N–H and O–H groups in total. The fourth-order valence-electron chi connectivity index (χ4n) is 1.99. The van der Waals surface area contributed by atoms with E-state index in [4.69, 9.17) is 16.6 Å². The van der Waals surface area contributed by atoms with E-state index in [0.717, 1.165) is 34.9 Å². The molecule has 106 valence electrons. The van der Waals surface area contributed by atoms with Crippen molar-refractivity contribution in [2.45, 2.75) is 39.8 Å². The van der Waals surface area contributed by atoms with Crippen LogP contribution in [0.25, 0.3) is 11.3 Å². The van der Waals surface area contributed by atoms with E-state index in [2.05, 4.69) is 38.2 Å². The van der Waals surface area contributed by atoms with Gasteiger partial charge in [-0.05, 0) is 44.0 Å². The average molecular weight is 289 g/mol. The first-order chi connectivity index (χ1) is 9.60. The molecule has 0 aliphatic carbocycles. The predicted molar refractivity (Wildman–Crippen MR) is 86.0 cm³/mol. The van der Waals surface area contributed by atoms with Crippen molar-refractivity contribution in [2.24, 2.45) is 0 Å². The van der Waals surface area contributed by atoms with E-state index in [9.17, 15) is 0 Å². The maximum absolute atomic E-state index is 5.91. The number of pyridine rings is 1. The molecule has 0 aliphatic heterocycles. The van der Waals surface area contributed by atoms with Gasteiger partial charge in [0.05, 0.1) is 5.69 Å². The van der Waals surface area contributed by atoms with Gasteiger partial charge in [-0.3, -0.25) is 4.98 Å². The van der Waals surface area contributed by atoms with Gasteiger partial charge in [0.1, 0.15) is 0 Å². The third kappa shape index (κ3) is 3.81. The van der Waals surface area contributed by atoms with Crippen LogP contribution in [0.4, 0.5) is 0 Å². The summed E-state index contributed by atoms with van der Waals surface area (Å²) in [6.45, 7) is 7.32. The van der Waals surface area contributed by atoms with Gasteiger partial charge in [-0.2, -0.15) is 0 Å². The summed E-state index contributed by atoms with van der Waals surface area (Å²) >= 11 is 5.91. The van der Waals surface area contributed by atoms with Gasteiger partial charge in [-0.25, -0.2) is 0 Å². The first kappa shape index (κ1) is 15.0. The normalized spacial score (nSPS) is 12.4. The molecule has 2 nitrogen and oxygen atoms in total. The average Bonchev–Trinajstić information content (AvgIpc) is 2.46. The molecule has 2 rings (SSSR count). The summed E-state index contributed by atoms with van der Waals surface area (Å²) in [6, 6.07) is 12.6. The molecule has 3 heteroatoms. The topological polar surface area (TPSA) is 24.9 Å². The van der Waals surface area contributed by atoms with Gasteiger partial charge in [0.15, 0.2) is 0 Å². The van der Waals surface area contributed by atoms with E-state index in [1.807, 2.05) is 24.3 Å². The van der Waals surface area contributed by atoms with Gasteiger partial charge in [0.2, 0.25) is 0 Å². The largest absolute Gasteiger partial charge is 0.310 e. The summed E-state index contributed by atoms with van der Waals surface area (Å²) in [4.78, 5) is 4.69. The van der Waals surface area contributed by atoms with Crippen LogP contribution < -0.4 is 5.32 Å². The number of nitrogens with one attached hydrogen (secondary N) is 1. The Labute approximate surface area is 126 Å². The number of hydrogen-bond acceptors (Lipinski definition) is 2. The van der Waals surface area contributed by atoms with Gasteiger partial charge in [-0.1, -0.05) is 36.7 Å².